The number of nitrogens with one attached hydrogen (secondary N) is 1. The van der Waals surface area contributed by atoms with E-state index in [1.165, 1.54) is 12.0 Å². The van der Waals surface area contributed by atoms with Crippen molar-refractivity contribution in [2.75, 3.05) is 52.5 Å². The van der Waals surface area contributed by atoms with E-state index in [-0.39, 0.29) is 5.60 Å². The number of morpholine rings is 1. The third kappa shape index (κ3) is 6.05. The Labute approximate surface area is 159 Å². The molecule has 1 N–H and O–H groups in total. The lowest BCUT2D eigenvalue weighted by Gasteiger charge is -2.45. The summed E-state index contributed by atoms with van der Waals surface area (Å²) in [4.78, 5) is 2.49. The minimum absolute atomic E-state index is 0.0131. The zero-order chi connectivity index (χ0) is 18.3. The van der Waals surface area contributed by atoms with Crippen molar-refractivity contribution in [2.24, 2.45) is 5.41 Å². The van der Waals surface area contributed by atoms with E-state index in [4.69, 9.17) is 9.47 Å². The van der Waals surface area contributed by atoms with Crippen molar-refractivity contribution >= 4 is 0 Å². The molecule has 0 unspecified atom stereocenters. The van der Waals surface area contributed by atoms with Gasteiger partial charge in [0.2, 0.25) is 0 Å². The molecular formula is C22H36N2O2. The van der Waals surface area contributed by atoms with Crippen LogP contribution in [0.1, 0.15) is 38.7 Å². The molecule has 4 heteroatoms. The van der Waals surface area contributed by atoms with Crippen LogP contribution in [0.5, 0.6) is 0 Å². The topological polar surface area (TPSA) is 33.7 Å². The molecule has 0 aromatic heterocycles. The maximum Gasteiger partial charge on any atom is 0.0631 e. The van der Waals surface area contributed by atoms with Crippen LogP contribution >= 0.6 is 0 Å². The van der Waals surface area contributed by atoms with Gasteiger partial charge in [-0.2, -0.15) is 0 Å². The average molecular weight is 361 g/mol. The molecule has 0 spiro atoms. The summed E-state index contributed by atoms with van der Waals surface area (Å²) >= 11 is 0. The van der Waals surface area contributed by atoms with Gasteiger partial charge < -0.3 is 14.8 Å². The molecule has 1 aromatic carbocycles. The normalized spacial score (nSPS) is 26.7. The number of hydrogen-bond acceptors (Lipinski definition) is 4. The molecule has 0 radical (unpaired) electrons. The molecule has 2 aliphatic rings. The highest BCUT2D eigenvalue weighted by atomic mass is 16.5. The van der Waals surface area contributed by atoms with Crippen LogP contribution in [0.15, 0.2) is 30.3 Å². The lowest BCUT2D eigenvalue weighted by molar-refractivity contribution is -0.107. The second kappa shape index (κ2) is 9.32. The molecule has 26 heavy (non-hydrogen) atoms. The van der Waals surface area contributed by atoms with Gasteiger partial charge in [0.15, 0.2) is 0 Å². The van der Waals surface area contributed by atoms with E-state index in [0.29, 0.717) is 5.41 Å². The molecule has 0 amide bonds. The number of hydrogen-bond donors (Lipinski definition) is 1. The van der Waals surface area contributed by atoms with Gasteiger partial charge in [0.05, 0.1) is 18.8 Å². The first-order valence-electron chi connectivity index (χ1n) is 10.3. The summed E-state index contributed by atoms with van der Waals surface area (Å²) in [5.41, 5.74) is 1.79. The van der Waals surface area contributed by atoms with Gasteiger partial charge in [-0.3, -0.25) is 4.90 Å². The summed E-state index contributed by atoms with van der Waals surface area (Å²) < 4.78 is 11.4. The predicted octanol–water partition coefficient (Wildman–Crippen LogP) is 3.12. The fourth-order valence-corrected chi connectivity index (χ4v) is 4.61. The summed E-state index contributed by atoms with van der Waals surface area (Å²) in [5, 5.41) is 3.69. The van der Waals surface area contributed by atoms with Crippen LogP contribution in [0.25, 0.3) is 0 Å². The zero-order valence-electron chi connectivity index (χ0n) is 16.6. The SMILES string of the molecule is CC1(C)C[C@](CCNCCN2CCOCC2)(Cc2ccccc2)CCO1. The summed E-state index contributed by atoms with van der Waals surface area (Å²) in [6.45, 7) is 12.6. The first-order chi connectivity index (χ1) is 12.6. The van der Waals surface area contributed by atoms with Gasteiger partial charge >= 0.3 is 0 Å². The molecule has 0 bridgehead atoms. The van der Waals surface area contributed by atoms with E-state index in [2.05, 4.69) is 54.4 Å². The second-order valence-corrected chi connectivity index (χ2v) is 8.65. The summed E-state index contributed by atoms with van der Waals surface area (Å²) in [7, 11) is 0. The fraction of sp³-hybridized carbons (Fsp3) is 0.727. The van der Waals surface area contributed by atoms with Crippen LogP contribution in [0, 0.1) is 5.41 Å². The quantitative estimate of drug-likeness (QED) is 0.722. The second-order valence-electron chi connectivity index (χ2n) is 8.65. The van der Waals surface area contributed by atoms with Crippen molar-refractivity contribution in [3.63, 3.8) is 0 Å². The smallest absolute Gasteiger partial charge is 0.0631 e. The Morgan fingerprint density at radius 1 is 1.04 bits per heavy atom. The van der Waals surface area contributed by atoms with Crippen LogP contribution in [0.2, 0.25) is 0 Å². The first-order valence-corrected chi connectivity index (χ1v) is 10.3. The third-order valence-corrected chi connectivity index (χ3v) is 5.89. The highest BCUT2D eigenvalue weighted by Gasteiger charge is 2.40. The van der Waals surface area contributed by atoms with Crippen molar-refractivity contribution in [1.82, 2.24) is 10.2 Å². The molecule has 4 nitrogen and oxygen atoms in total. The minimum Gasteiger partial charge on any atom is -0.379 e. The summed E-state index contributed by atoms with van der Waals surface area (Å²) in [6, 6.07) is 11.0. The molecule has 1 atom stereocenters. The molecule has 2 heterocycles. The van der Waals surface area contributed by atoms with Crippen molar-refractivity contribution in [3.05, 3.63) is 35.9 Å². The Kier molecular flexibility index (Phi) is 7.10. The Hall–Kier alpha value is -0.940. The Morgan fingerprint density at radius 2 is 1.81 bits per heavy atom. The lowest BCUT2D eigenvalue weighted by atomic mass is 9.68. The van der Waals surface area contributed by atoms with Gasteiger partial charge in [0.1, 0.15) is 0 Å². The average Bonchev–Trinajstić information content (AvgIpc) is 2.62. The van der Waals surface area contributed by atoms with Crippen LogP contribution < -0.4 is 5.32 Å². The highest BCUT2D eigenvalue weighted by Crippen LogP contribution is 2.43. The molecular weight excluding hydrogens is 324 g/mol. The standard InChI is InChI=1S/C22H36N2O2/c1-21(2)19-22(9-15-26-21,18-20-6-4-3-5-7-20)8-10-23-11-12-24-13-16-25-17-14-24/h3-7,23H,8-19H2,1-2H3/t22-/m0/s1. The minimum atomic E-state index is -0.0131. The van der Waals surface area contributed by atoms with Crippen LogP contribution in [0.4, 0.5) is 0 Å². The Bertz CT molecular complexity index is 528. The lowest BCUT2D eigenvalue weighted by Crippen LogP contribution is -2.44. The molecule has 3 rings (SSSR count). The summed E-state index contributed by atoms with van der Waals surface area (Å²) in [5.74, 6) is 0. The van der Waals surface area contributed by atoms with Crippen LogP contribution in [-0.4, -0.2) is 63.0 Å². The molecule has 2 aliphatic heterocycles. The Morgan fingerprint density at radius 3 is 2.54 bits per heavy atom. The Balaban J connectivity index is 1.50. The zero-order valence-corrected chi connectivity index (χ0v) is 16.6. The van der Waals surface area contributed by atoms with Gasteiger partial charge in [-0.15, -0.1) is 0 Å². The summed E-state index contributed by atoms with van der Waals surface area (Å²) in [6.07, 6.45) is 4.68. The van der Waals surface area contributed by atoms with Gasteiger partial charge in [0.25, 0.3) is 0 Å². The molecule has 0 aliphatic carbocycles. The van der Waals surface area contributed by atoms with Crippen LogP contribution in [0.3, 0.4) is 0 Å². The number of ether oxygens (including phenoxy) is 2. The van der Waals surface area contributed by atoms with Crippen LogP contribution in [-0.2, 0) is 15.9 Å². The number of nitrogens with zero attached hydrogens (tertiary/aromatic N) is 1. The molecule has 146 valence electrons. The fourth-order valence-electron chi connectivity index (χ4n) is 4.61. The van der Waals surface area contributed by atoms with E-state index in [1.807, 2.05) is 0 Å². The predicted molar refractivity (Wildman–Crippen MR) is 107 cm³/mol. The van der Waals surface area contributed by atoms with Crippen molar-refractivity contribution < 1.29 is 9.47 Å². The molecule has 2 saturated heterocycles. The van der Waals surface area contributed by atoms with Crippen molar-refractivity contribution in [3.8, 4) is 0 Å². The van der Waals surface area contributed by atoms with Crippen molar-refractivity contribution in [1.29, 1.82) is 0 Å². The van der Waals surface area contributed by atoms with E-state index in [1.54, 1.807) is 0 Å². The van der Waals surface area contributed by atoms with Crippen molar-refractivity contribution in [2.45, 2.75) is 45.1 Å². The first kappa shape index (κ1) is 19.8. The number of benzene rings is 1. The molecule has 2 fully saturated rings. The number of rotatable bonds is 8. The maximum atomic E-state index is 6.03. The largest absolute Gasteiger partial charge is 0.379 e. The van der Waals surface area contributed by atoms with E-state index >= 15 is 0 Å². The molecule has 1 aromatic rings. The monoisotopic (exact) mass is 360 g/mol. The van der Waals surface area contributed by atoms with Gasteiger partial charge in [-0.05, 0) is 57.1 Å². The van der Waals surface area contributed by atoms with E-state index in [0.717, 1.165) is 71.8 Å². The molecule has 0 saturated carbocycles. The van der Waals surface area contributed by atoms with E-state index < -0.39 is 0 Å². The maximum absolute atomic E-state index is 6.03. The van der Waals surface area contributed by atoms with Gasteiger partial charge in [-0.25, -0.2) is 0 Å². The van der Waals surface area contributed by atoms with Gasteiger partial charge in [-0.1, -0.05) is 30.3 Å². The highest BCUT2D eigenvalue weighted by molar-refractivity contribution is 5.17. The third-order valence-electron chi connectivity index (χ3n) is 5.89. The van der Waals surface area contributed by atoms with Gasteiger partial charge in [0, 0.05) is 32.8 Å². The van der Waals surface area contributed by atoms with E-state index in [9.17, 15) is 0 Å².